The van der Waals surface area contributed by atoms with Crippen molar-refractivity contribution in [1.82, 2.24) is 15.3 Å². The van der Waals surface area contributed by atoms with Crippen LogP contribution in [0.15, 0.2) is 29.2 Å². The molecule has 1 aliphatic heterocycles. The summed E-state index contributed by atoms with van der Waals surface area (Å²) in [5, 5.41) is 7.93. The van der Waals surface area contributed by atoms with E-state index >= 15 is 0 Å². The van der Waals surface area contributed by atoms with E-state index in [2.05, 4.69) is 20.6 Å². The fourth-order valence-electron chi connectivity index (χ4n) is 2.50. The maximum Gasteiger partial charge on any atom is 0.251 e. The van der Waals surface area contributed by atoms with E-state index in [0.717, 1.165) is 12.1 Å². The van der Waals surface area contributed by atoms with Crippen LogP contribution < -0.4 is 10.6 Å². The lowest BCUT2D eigenvalue weighted by molar-refractivity contribution is -0.0742. The molecule has 0 aliphatic carbocycles. The third kappa shape index (κ3) is 4.28. The summed E-state index contributed by atoms with van der Waals surface area (Å²) in [5.74, 6) is 0.522. The van der Waals surface area contributed by atoms with Gasteiger partial charge in [0.1, 0.15) is 11.9 Å². The van der Waals surface area contributed by atoms with Gasteiger partial charge in [0.25, 0.3) is 5.91 Å². The molecule has 3 heterocycles. The Balaban J connectivity index is 1.61. The minimum atomic E-state index is -0.185. The van der Waals surface area contributed by atoms with Gasteiger partial charge in [-0.15, -0.1) is 11.3 Å². The van der Waals surface area contributed by atoms with Crippen molar-refractivity contribution in [3.8, 4) is 0 Å². The molecule has 7 nitrogen and oxygen atoms in total. The van der Waals surface area contributed by atoms with Gasteiger partial charge in [0.05, 0.1) is 30.5 Å². The van der Waals surface area contributed by atoms with E-state index in [1.807, 2.05) is 5.38 Å². The number of aromatic nitrogens is 2. The maximum absolute atomic E-state index is 12.5. The third-order valence-electron chi connectivity index (χ3n) is 3.83. The summed E-state index contributed by atoms with van der Waals surface area (Å²) in [7, 11) is 1.77. The van der Waals surface area contributed by atoms with Crippen molar-refractivity contribution in [3.63, 3.8) is 0 Å². The highest BCUT2D eigenvalue weighted by atomic mass is 32.1. The molecule has 2 atom stereocenters. The fourth-order valence-corrected chi connectivity index (χ4v) is 3.05. The van der Waals surface area contributed by atoms with Crippen LogP contribution in [0.4, 0.5) is 5.82 Å². The maximum atomic E-state index is 12.5. The molecular weight excluding hydrogens is 328 g/mol. The molecule has 2 aromatic heterocycles. The molecule has 1 saturated heterocycles. The number of carbonyl (C=O) groups excluding carboxylic acids is 1. The number of nitrogens with one attached hydrogen (secondary N) is 2. The molecule has 0 bridgehead atoms. The van der Waals surface area contributed by atoms with Gasteiger partial charge in [0.2, 0.25) is 0 Å². The summed E-state index contributed by atoms with van der Waals surface area (Å²) in [6.07, 6.45) is 2.15. The van der Waals surface area contributed by atoms with Gasteiger partial charge in [0.15, 0.2) is 0 Å². The molecule has 2 N–H and O–H groups in total. The van der Waals surface area contributed by atoms with Gasteiger partial charge in [-0.2, -0.15) is 0 Å². The van der Waals surface area contributed by atoms with Crippen molar-refractivity contribution >= 4 is 23.1 Å². The Bertz CT molecular complexity index is 665. The van der Waals surface area contributed by atoms with Gasteiger partial charge in [-0.05, 0) is 18.6 Å². The van der Waals surface area contributed by atoms with Gasteiger partial charge in [-0.25, -0.2) is 9.97 Å². The number of rotatable bonds is 6. The molecular formula is C16H20N4O3S. The summed E-state index contributed by atoms with van der Waals surface area (Å²) in [5.41, 5.74) is 3.24. The first kappa shape index (κ1) is 16.8. The Labute approximate surface area is 144 Å². The van der Waals surface area contributed by atoms with Crippen molar-refractivity contribution in [2.24, 2.45) is 0 Å². The highest BCUT2D eigenvalue weighted by Gasteiger charge is 2.28. The number of nitrogens with zero attached hydrogens (tertiary/aromatic N) is 2. The molecule has 2 aromatic rings. The van der Waals surface area contributed by atoms with Crippen molar-refractivity contribution in [1.29, 1.82) is 0 Å². The van der Waals surface area contributed by atoms with E-state index in [4.69, 9.17) is 9.47 Å². The van der Waals surface area contributed by atoms with Crippen LogP contribution in [0.2, 0.25) is 0 Å². The third-order valence-corrected chi connectivity index (χ3v) is 4.46. The van der Waals surface area contributed by atoms with Crippen molar-refractivity contribution in [2.75, 3.05) is 25.6 Å². The second-order valence-corrected chi connectivity index (χ2v) is 6.17. The normalized spacial score (nSPS) is 20.5. The van der Waals surface area contributed by atoms with Crippen LogP contribution in [0, 0.1) is 0 Å². The van der Waals surface area contributed by atoms with Crippen LogP contribution in [0.3, 0.4) is 0 Å². The van der Waals surface area contributed by atoms with E-state index in [1.54, 1.807) is 30.9 Å². The summed E-state index contributed by atoms with van der Waals surface area (Å²) in [6, 6.07) is 3.33. The smallest absolute Gasteiger partial charge is 0.251 e. The molecule has 0 saturated carbocycles. The zero-order chi connectivity index (χ0) is 16.8. The molecule has 0 aromatic carbocycles. The molecule has 24 heavy (non-hydrogen) atoms. The van der Waals surface area contributed by atoms with E-state index in [-0.39, 0.29) is 18.1 Å². The fraction of sp³-hybridized carbons (Fsp3) is 0.438. The standard InChI is InChI=1S/C16H20N4O3S/c1-17-15-6-11(2-4-18-15)16(21)20-13-3-5-22-8-14(13)23-7-12-9-24-10-19-12/h2,4,6,9-10,13-14H,3,5,7-8H2,1H3,(H,17,18)(H,20,21)/t13-,14-/m1/s1. The minimum absolute atomic E-state index is 0.0870. The van der Waals surface area contributed by atoms with E-state index in [9.17, 15) is 4.79 Å². The lowest BCUT2D eigenvalue weighted by atomic mass is 10.1. The number of thiazole rings is 1. The number of carbonyl (C=O) groups is 1. The number of hydrogen-bond donors (Lipinski definition) is 2. The predicted molar refractivity (Wildman–Crippen MR) is 91.2 cm³/mol. The second-order valence-electron chi connectivity index (χ2n) is 5.45. The largest absolute Gasteiger partial charge is 0.379 e. The zero-order valence-electron chi connectivity index (χ0n) is 13.4. The molecule has 0 unspecified atom stereocenters. The Kier molecular flexibility index (Phi) is 5.73. The Hall–Kier alpha value is -2.03. The number of hydrogen-bond acceptors (Lipinski definition) is 7. The van der Waals surface area contributed by atoms with Crippen molar-refractivity contribution < 1.29 is 14.3 Å². The molecule has 0 radical (unpaired) electrons. The van der Waals surface area contributed by atoms with Gasteiger partial charge in [-0.1, -0.05) is 0 Å². The molecule has 3 rings (SSSR count). The van der Waals surface area contributed by atoms with Crippen LogP contribution in [-0.4, -0.2) is 48.3 Å². The predicted octanol–water partition coefficient (Wildman–Crippen LogP) is 1.68. The van der Waals surface area contributed by atoms with Gasteiger partial charge in [-0.3, -0.25) is 4.79 Å². The van der Waals surface area contributed by atoms with Gasteiger partial charge in [0, 0.05) is 30.8 Å². The molecule has 8 heteroatoms. The van der Waals surface area contributed by atoms with Gasteiger partial charge < -0.3 is 20.1 Å². The second kappa shape index (κ2) is 8.18. The Morgan fingerprint density at radius 2 is 2.42 bits per heavy atom. The molecule has 1 fully saturated rings. The molecule has 0 spiro atoms. The molecule has 1 amide bonds. The average Bonchev–Trinajstić information content (AvgIpc) is 3.14. The lowest BCUT2D eigenvalue weighted by Crippen LogP contribution is -2.50. The van der Waals surface area contributed by atoms with Crippen LogP contribution in [0.1, 0.15) is 22.5 Å². The Morgan fingerprint density at radius 3 is 3.21 bits per heavy atom. The van der Waals surface area contributed by atoms with Crippen molar-refractivity contribution in [3.05, 3.63) is 40.5 Å². The first-order valence-corrected chi connectivity index (χ1v) is 8.71. The summed E-state index contributed by atoms with van der Waals surface area (Å²) < 4.78 is 11.4. The molecule has 128 valence electrons. The lowest BCUT2D eigenvalue weighted by Gasteiger charge is -2.32. The van der Waals surface area contributed by atoms with Crippen LogP contribution in [-0.2, 0) is 16.1 Å². The summed E-state index contributed by atoms with van der Waals surface area (Å²) in [6.45, 7) is 1.50. The highest BCUT2D eigenvalue weighted by Crippen LogP contribution is 2.15. The number of pyridine rings is 1. The Morgan fingerprint density at radius 1 is 1.50 bits per heavy atom. The topological polar surface area (TPSA) is 85.4 Å². The quantitative estimate of drug-likeness (QED) is 0.826. The number of amides is 1. The summed E-state index contributed by atoms with van der Waals surface area (Å²) >= 11 is 1.53. The molecule has 1 aliphatic rings. The number of anilines is 1. The van der Waals surface area contributed by atoms with Crippen LogP contribution in [0.25, 0.3) is 0 Å². The highest BCUT2D eigenvalue weighted by molar-refractivity contribution is 7.07. The van der Waals surface area contributed by atoms with E-state index < -0.39 is 0 Å². The number of ether oxygens (including phenoxy) is 2. The first-order valence-electron chi connectivity index (χ1n) is 7.77. The zero-order valence-corrected chi connectivity index (χ0v) is 14.2. The minimum Gasteiger partial charge on any atom is -0.379 e. The first-order chi connectivity index (χ1) is 11.8. The van der Waals surface area contributed by atoms with Crippen LogP contribution in [0.5, 0.6) is 0 Å². The monoisotopic (exact) mass is 348 g/mol. The van der Waals surface area contributed by atoms with E-state index in [0.29, 0.717) is 31.2 Å². The average molecular weight is 348 g/mol. The summed E-state index contributed by atoms with van der Waals surface area (Å²) in [4.78, 5) is 20.8. The van der Waals surface area contributed by atoms with Crippen LogP contribution >= 0.6 is 11.3 Å². The van der Waals surface area contributed by atoms with E-state index in [1.165, 1.54) is 11.3 Å². The SMILES string of the molecule is CNc1cc(C(=O)N[C@@H]2CCOC[C@H]2OCc2cscn2)ccn1. The van der Waals surface area contributed by atoms with Gasteiger partial charge >= 0.3 is 0 Å². The van der Waals surface area contributed by atoms with Crippen molar-refractivity contribution in [2.45, 2.75) is 25.2 Å².